The summed E-state index contributed by atoms with van der Waals surface area (Å²) in [6.07, 6.45) is 1.48. The van der Waals surface area contributed by atoms with Crippen molar-refractivity contribution in [2.75, 3.05) is 0 Å². The number of nitrogens with two attached hydrogens (primary N) is 1. The highest BCUT2D eigenvalue weighted by atomic mass is 16.5. The van der Waals surface area contributed by atoms with Gasteiger partial charge in [0.25, 0.3) is 0 Å². The van der Waals surface area contributed by atoms with Gasteiger partial charge in [0, 0.05) is 12.0 Å². The smallest absolute Gasteiger partial charge is 0.362 e. The maximum atomic E-state index is 12.9. The van der Waals surface area contributed by atoms with Crippen LogP contribution in [0.15, 0.2) is 88.3 Å². The summed E-state index contributed by atoms with van der Waals surface area (Å²) < 4.78 is 11.2. The van der Waals surface area contributed by atoms with Crippen LogP contribution >= 0.6 is 0 Å². The predicted molar refractivity (Wildman–Crippen MR) is 116 cm³/mol. The van der Waals surface area contributed by atoms with Gasteiger partial charge in [-0.1, -0.05) is 60.3 Å². The first kappa shape index (κ1) is 21.1. The Morgan fingerprint density at radius 1 is 1.03 bits per heavy atom. The molecule has 7 heteroatoms. The van der Waals surface area contributed by atoms with E-state index in [1.54, 1.807) is 29.6 Å². The van der Waals surface area contributed by atoms with E-state index in [0.29, 0.717) is 12.2 Å². The van der Waals surface area contributed by atoms with Gasteiger partial charge in [-0.2, -0.15) is 0 Å². The van der Waals surface area contributed by atoms with Gasteiger partial charge in [0.15, 0.2) is 6.04 Å². The van der Waals surface area contributed by atoms with E-state index in [1.165, 1.54) is 18.4 Å². The zero-order valence-electron chi connectivity index (χ0n) is 17.1. The van der Waals surface area contributed by atoms with Gasteiger partial charge in [-0.05, 0) is 23.8 Å². The van der Waals surface area contributed by atoms with Gasteiger partial charge in [0.05, 0.1) is 5.39 Å². The van der Waals surface area contributed by atoms with Crippen LogP contribution in [0.3, 0.4) is 0 Å². The lowest BCUT2D eigenvalue weighted by Crippen LogP contribution is -2.91. The van der Waals surface area contributed by atoms with Crippen LogP contribution in [0.5, 0.6) is 17.2 Å². The van der Waals surface area contributed by atoms with Crippen molar-refractivity contribution in [2.24, 2.45) is 0 Å². The number of benzene rings is 3. The molecule has 0 amide bonds. The van der Waals surface area contributed by atoms with Crippen LogP contribution in [0.25, 0.3) is 11.0 Å². The summed E-state index contributed by atoms with van der Waals surface area (Å²) in [4.78, 5) is 24.6. The van der Waals surface area contributed by atoms with Crippen molar-refractivity contribution in [1.82, 2.24) is 0 Å². The topological polar surface area (TPSA) is 116 Å². The lowest BCUT2D eigenvalue weighted by Gasteiger charge is -2.17. The van der Waals surface area contributed by atoms with E-state index in [2.05, 4.69) is 0 Å². The molecular weight excluding hydrogens is 410 g/mol. The van der Waals surface area contributed by atoms with Crippen molar-refractivity contribution >= 4 is 16.9 Å². The third-order valence-electron chi connectivity index (χ3n) is 5.16. The van der Waals surface area contributed by atoms with Gasteiger partial charge >= 0.3 is 5.97 Å². The molecule has 3 N–H and O–H groups in total. The molecule has 1 heterocycles. The average Bonchev–Trinajstić information content (AvgIpc) is 2.80. The van der Waals surface area contributed by atoms with Crippen molar-refractivity contribution < 1.29 is 29.5 Å². The number of carboxylic acids is 1. The van der Waals surface area contributed by atoms with E-state index in [9.17, 15) is 19.8 Å². The number of hydrogen-bond acceptors (Lipinski definition) is 5. The molecule has 32 heavy (non-hydrogen) atoms. The number of fused-ring (bicyclic) bond motifs is 1. The molecular formula is C25H21NO6. The second kappa shape index (κ2) is 9.36. The molecule has 1 unspecified atom stereocenters. The summed E-state index contributed by atoms with van der Waals surface area (Å²) in [5.74, 6) is -0.817. The van der Waals surface area contributed by atoms with Crippen molar-refractivity contribution in [2.45, 2.75) is 19.0 Å². The van der Waals surface area contributed by atoms with Gasteiger partial charge < -0.3 is 24.7 Å². The second-order valence-electron chi connectivity index (χ2n) is 7.34. The molecule has 0 aliphatic carbocycles. The molecule has 0 bridgehead atoms. The SMILES string of the molecule is O=C(O)C(Cc1ccccc1)[NH2+]Cc1c([O-])ccc2c(=O)c(Oc3ccccc3)coc12. The molecule has 0 spiro atoms. The zero-order valence-corrected chi connectivity index (χ0v) is 17.1. The normalized spacial score (nSPS) is 11.9. The van der Waals surface area contributed by atoms with Crippen LogP contribution in [0.1, 0.15) is 11.1 Å². The quantitative estimate of drug-likeness (QED) is 0.443. The molecule has 0 aliphatic rings. The predicted octanol–water partition coefficient (Wildman–Crippen LogP) is 2.42. The van der Waals surface area contributed by atoms with Gasteiger partial charge in [-0.3, -0.25) is 4.79 Å². The number of quaternary nitrogens is 1. The highest BCUT2D eigenvalue weighted by Gasteiger charge is 2.22. The van der Waals surface area contributed by atoms with E-state index < -0.39 is 17.4 Å². The minimum Gasteiger partial charge on any atom is -0.872 e. The Hall–Kier alpha value is -4.10. The molecule has 7 nitrogen and oxygen atoms in total. The van der Waals surface area contributed by atoms with Crippen LogP contribution in [0, 0.1) is 0 Å². The Kier molecular flexibility index (Phi) is 6.19. The fourth-order valence-corrected chi connectivity index (χ4v) is 3.50. The first-order valence-electron chi connectivity index (χ1n) is 10.1. The Balaban J connectivity index is 1.60. The summed E-state index contributed by atoms with van der Waals surface area (Å²) in [5, 5.41) is 23.9. The third-order valence-corrected chi connectivity index (χ3v) is 5.16. The van der Waals surface area contributed by atoms with Gasteiger partial charge in [0.2, 0.25) is 11.2 Å². The molecule has 0 radical (unpaired) electrons. The van der Waals surface area contributed by atoms with Gasteiger partial charge in [-0.25, -0.2) is 4.79 Å². The summed E-state index contributed by atoms with van der Waals surface area (Å²) >= 11 is 0. The fourth-order valence-electron chi connectivity index (χ4n) is 3.50. The molecule has 4 rings (SSSR count). The number of ether oxygens (including phenoxy) is 1. The van der Waals surface area contributed by atoms with Crippen LogP contribution in [-0.4, -0.2) is 17.1 Å². The minimum atomic E-state index is -0.985. The summed E-state index contributed by atoms with van der Waals surface area (Å²) in [6.45, 7) is 0.0573. The van der Waals surface area contributed by atoms with Crippen LogP contribution in [-0.2, 0) is 17.8 Å². The second-order valence-corrected chi connectivity index (χ2v) is 7.34. The van der Waals surface area contributed by atoms with Crippen molar-refractivity contribution in [1.29, 1.82) is 0 Å². The Labute approximate surface area is 183 Å². The average molecular weight is 431 g/mol. The molecule has 162 valence electrons. The van der Waals surface area contributed by atoms with Crippen molar-refractivity contribution in [3.8, 4) is 17.2 Å². The third kappa shape index (κ3) is 4.63. The lowest BCUT2D eigenvalue weighted by atomic mass is 10.0. The van der Waals surface area contributed by atoms with E-state index in [4.69, 9.17) is 9.15 Å². The van der Waals surface area contributed by atoms with Crippen molar-refractivity contribution in [3.63, 3.8) is 0 Å². The lowest BCUT2D eigenvalue weighted by molar-refractivity contribution is -0.693. The van der Waals surface area contributed by atoms with E-state index in [1.807, 2.05) is 36.4 Å². The summed E-state index contributed by atoms with van der Waals surface area (Å²) in [5.41, 5.74) is 0.856. The van der Waals surface area contributed by atoms with Crippen LogP contribution < -0.4 is 20.6 Å². The highest BCUT2D eigenvalue weighted by Crippen LogP contribution is 2.26. The number of rotatable bonds is 8. The first-order valence-corrected chi connectivity index (χ1v) is 10.1. The number of carbonyl (C=O) groups is 1. The summed E-state index contributed by atoms with van der Waals surface area (Å²) in [6, 6.07) is 20.0. The molecule has 0 saturated heterocycles. The number of hydrogen-bond donors (Lipinski definition) is 2. The van der Waals surface area contributed by atoms with E-state index >= 15 is 0 Å². The molecule has 0 aliphatic heterocycles. The number of para-hydroxylation sites is 1. The van der Waals surface area contributed by atoms with Crippen LogP contribution in [0.4, 0.5) is 0 Å². The monoisotopic (exact) mass is 431 g/mol. The molecule has 4 aromatic rings. The zero-order chi connectivity index (χ0) is 22.5. The van der Waals surface area contributed by atoms with Gasteiger partial charge in [0.1, 0.15) is 24.1 Å². The van der Waals surface area contributed by atoms with Gasteiger partial charge in [-0.15, -0.1) is 0 Å². The number of aliphatic carboxylic acids is 1. The number of carboxylic acid groups (broad SMARTS) is 1. The molecule has 3 aromatic carbocycles. The Bertz CT molecular complexity index is 1280. The Morgan fingerprint density at radius 3 is 2.41 bits per heavy atom. The summed E-state index contributed by atoms with van der Waals surface area (Å²) in [7, 11) is 0. The molecule has 1 atom stereocenters. The van der Waals surface area contributed by atoms with E-state index in [-0.39, 0.29) is 34.6 Å². The maximum absolute atomic E-state index is 12.9. The minimum absolute atomic E-state index is 0.00442. The highest BCUT2D eigenvalue weighted by molar-refractivity contribution is 5.82. The van der Waals surface area contributed by atoms with Crippen molar-refractivity contribution in [3.05, 3.63) is 100 Å². The fraction of sp³-hybridized carbons (Fsp3) is 0.120. The first-order chi connectivity index (χ1) is 15.5. The Morgan fingerprint density at radius 2 is 1.72 bits per heavy atom. The molecule has 0 fully saturated rings. The largest absolute Gasteiger partial charge is 0.872 e. The molecule has 1 aromatic heterocycles. The van der Waals surface area contributed by atoms with Crippen LogP contribution in [0.2, 0.25) is 0 Å². The maximum Gasteiger partial charge on any atom is 0.362 e. The molecule has 0 saturated carbocycles. The van der Waals surface area contributed by atoms with E-state index in [0.717, 1.165) is 5.56 Å². The standard InChI is InChI=1S/C25H21NO6/c27-21-12-11-18-23(28)22(32-17-9-5-2-6-10-17)15-31-24(18)19(21)14-26-20(25(29)30)13-16-7-3-1-4-8-16/h1-12,15,20,26-27H,13-14H2,(H,29,30).